The van der Waals surface area contributed by atoms with Gasteiger partial charge in [-0.1, -0.05) is 6.58 Å². The molecule has 0 bridgehead atoms. The van der Waals surface area contributed by atoms with Crippen molar-refractivity contribution in [2.24, 2.45) is 0 Å². The van der Waals surface area contributed by atoms with Crippen molar-refractivity contribution in [1.82, 2.24) is 0 Å². The maximum Gasteiger partial charge on any atom is 0.460 e. The summed E-state index contributed by atoms with van der Waals surface area (Å²) in [6, 6.07) is 0. The maximum absolute atomic E-state index is 12.4. The minimum absolute atomic E-state index is 0.119. The van der Waals surface area contributed by atoms with Gasteiger partial charge in [-0.15, -0.1) is 0 Å². The highest BCUT2D eigenvalue weighted by Gasteiger charge is 2.77. The third kappa shape index (κ3) is 2.86. The highest BCUT2D eigenvalue weighted by Crippen LogP contribution is 2.48. The average Bonchev–Trinajstić information content (AvgIpc) is 2.15. The van der Waals surface area contributed by atoms with Crippen LogP contribution in [0.25, 0.3) is 0 Å². The number of ether oxygens (including phenoxy) is 1. The van der Waals surface area contributed by atoms with E-state index in [0.717, 1.165) is 0 Å². The molecule has 1 unspecified atom stereocenters. The molecule has 0 radical (unpaired) electrons. The van der Waals surface area contributed by atoms with E-state index >= 15 is 0 Å². The van der Waals surface area contributed by atoms with Crippen LogP contribution in [0.15, 0.2) is 12.7 Å². The van der Waals surface area contributed by atoms with E-state index < -0.39 is 30.3 Å². The van der Waals surface area contributed by atoms with Crippen LogP contribution in [0.5, 0.6) is 0 Å². The Bertz CT molecular complexity index is 307. The molecule has 17 heavy (non-hydrogen) atoms. The molecule has 0 amide bonds. The summed E-state index contributed by atoms with van der Waals surface area (Å²) in [4.78, 5) is 10.2. The van der Waals surface area contributed by atoms with Gasteiger partial charge in [0.05, 0.1) is 0 Å². The second-order valence-electron chi connectivity index (χ2n) is 2.65. The van der Waals surface area contributed by atoms with E-state index in [1.165, 1.54) is 0 Å². The summed E-state index contributed by atoms with van der Waals surface area (Å²) >= 11 is 0. The van der Waals surface area contributed by atoms with Crippen LogP contribution in [0.1, 0.15) is 0 Å². The molecule has 0 N–H and O–H groups in total. The van der Waals surface area contributed by atoms with Gasteiger partial charge < -0.3 is 4.74 Å². The minimum Gasteiger partial charge on any atom is -0.421 e. The highest BCUT2D eigenvalue weighted by atomic mass is 19.4. The van der Waals surface area contributed by atoms with Crippen molar-refractivity contribution in [1.29, 1.82) is 0 Å². The number of rotatable bonds is 4. The summed E-state index contributed by atoms with van der Waals surface area (Å²) in [5.74, 6) is -14.8. The highest BCUT2D eigenvalue weighted by molar-refractivity contribution is 5.81. The molecule has 100 valence electrons. The van der Waals surface area contributed by atoms with Gasteiger partial charge in [0.25, 0.3) is 0 Å². The monoisotopic (exact) mass is 272 g/mol. The van der Waals surface area contributed by atoms with Crippen LogP contribution in [0, 0.1) is 0 Å². The Morgan fingerprint density at radius 2 is 1.53 bits per heavy atom. The molecule has 0 aromatic rings. The van der Waals surface area contributed by atoms with Crippen molar-refractivity contribution in [3.63, 3.8) is 0 Å². The number of carbonyl (C=O) groups is 1. The zero-order valence-corrected chi connectivity index (χ0v) is 7.70. The summed E-state index contributed by atoms with van der Waals surface area (Å²) in [7, 11) is 0. The fourth-order valence-electron chi connectivity index (χ4n) is 0.556. The Hall–Kier alpha value is -1.35. The average molecular weight is 272 g/mol. The predicted molar refractivity (Wildman–Crippen MR) is 37.1 cm³/mol. The second-order valence-corrected chi connectivity index (χ2v) is 2.65. The van der Waals surface area contributed by atoms with Gasteiger partial charge in [0.2, 0.25) is 0 Å². The van der Waals surface area contributed by atoms with Gasteiger partial charge in [-0.3, -0.25) is 0 Å². The van der Waals surface area contributed by atoms with Gasteiger partial charge in [-0.05, 0) is 0 Å². The van der Waals surface area contributed by atoms with Crippen molar-refractivity contribution in [2.75, 3.05) is 0 Å². The quantitative estimate of drug-likeness (QED) is 0.447. The summed E-state index contributed by atoms with van der Waals surface area (Å²) in [5.41, 5.74) is 0. The van der Waals surface area contributed by atoms with Crippen LogP contribution in [0.2, 0.25) is 0 Å². The number of carbonyl (C=O) groups excluding carboxylic acids is 1. The fourth-order valence-corrected chi connectivity index (χ4v) is 0.556. The Morgan fingerprint density at radius 1 is 1.12 bits per heavy atom. The molecule has 0 rings (SSSR count). The first-order valence-electron chi connectivity index (χ1n) is 3.67. The van der Waals surface area contributed by atoms with E-state index in [4.69, 9.17) is 0 Å². The maximum atomic E-state index is 12.4. The molecule has 0 spiro atoms. The summed E-state index contributed by atoms with van der Waals surface area (Å²) < 4.78 is 99.3. The van der Waals surface area contributed by atoms with Crippen LogP contribution in [-0.2, 0) is 9.53 Å². The Kier molecular flexibility index (Phi) is 4.14. The first-order valence-corrected chi connectivity index (χ1v) is 3.67. The number of hydrogen-bond donors (Lipinski definition) is 0. The van der Waals surface area contributed by atoms with E-state index in [2.05, 4.69) is 11.3 Å². The third-order valence-electron chi connectivity index (χ3n) is 1.45. The number of hydrogen-bond acceptors (Lipinski definition) is 2. The Morgan fingerprint density at radius 3 is 1.82 bits per heavy atom. The van der Waals surface area contributed by atoms with Gasteiger partial charge in [0.1, 0.15) is 0 Å². The first-order chi connectivity index (χ1) is 7.38. The Balaban J connectivity index is 5.12. The zero-order valence-electron chi connectivity index (χ0n) is 7.70. The van der Waals surface area contributed by atoms with Gasteiger partial charge in [0.15, 0.2) is 0 Å². The van der Waals surface area contributed by atoms with Crippen molar-refractivity contribution >= 4 is 5.97 Å². The fraction of sp³-hybridized carbons (Fsp3) is 0.571. The van der Waals surface area contributed by atoms with Gasteiger partial charge in [-0.2, -0.15) is 35.1 Å². The molecule has 0 heterocycles. The lowest BCUT2D eigenvalue weighted by Gasteiger charge is -2.29. The third-order valence-corrected chi connectivity index (χ3v) is 1.45. The number of alkyl halides is 8. The van der Waals surface area contributed by atoms with Crippen LogP contribution < -0.4 is 0 Å². The zero-order chi connectivity index (χ0) is 14.1. The molecule has 1 atom stereocenters. The molecule has 0 aliphatic rings. The predicted octanol–water partition coefficient (Wildman–Crippen LogP) is 2.84. The normalized spacial score (nSPS) is 15.3. The topological polar surface area (TPSA) is 26.3 Å². The lowest BCUT2D eigenvalue weighted by atomic mass is 10.1. The molecule has 0 aliphatic heterocycles. The van der Waals surface area contributed by atoms with Crippen LogP contribution in [0.4, 0.5) is 35.1 Å². The van der Waals surface area contributed by atoms with E-state index in [1.54, 1.807) is 0 Å². The summed E-state index contributed by atoms with van der Waals surface area (Å²) in [6.07, 6.45) is -11.0. The first kappa shape index (κ1) is 15.6. The van der Waals surface area contributed by atoms with Crippen molar-refractivity contribution in [3.05, 3.63) is 12.7 Å². The van der Waals surface area contributed by atoms with E-state index in [-0.39, 0.29) is 6.08 Å². The van der Waals surface area contributed by atoms with Crippen molar-refractivity contribution < 1.29 is 44.7 Å². The van der Waals surface area contributed by atoms with Crippen LogP contribution in [0.3, 0.4) is 0 Å². The van der Waals surface area contributed by atoms with Gasteiger partial charge in [-0.25, -0.2) is 4.79 Å². The molecule has 10 heteroatoms. The van der Waals surface area contributed by atoms with Crippen molar-refractivity contribution in [3.8, 4) is 0 Å². The lowest BCUT2D eigenvalue weighted by molar-refractivity contribution is -0.382. The largest absolute Gasteiger partial charge is 0.460 e. The Labute approximate surface area is 88.8 Å². The summed E-state index contributed by atoms with van der Waals surface area (Å²) in [5, 5.41) is 0. The number of halogens is 8. The van der Waals surface area contributed by atoms with Crippen LogP contribution in [-0.4, -0.2) is 30.3 Å². The molecule has 2 nitrogen and oxygen atoms in total. The smallest absolute Gasteiger partial charge is 0.421 e. The summed E-state index contributed by atoms with van der Waals surface area (Å²) in [6.45, 7) is 2.61. The number of esters is 1. The van der Waals surface area contributed by atoms with Gasteiger partial charge >= 0.3 is 30.3 Å². The lowest BCUT2D eigenvalue weighted by Crippen LogP contribution is -2.57. The molecule has 0 aliphatic carbocycles. The van der Waals surface area contributed by atoms with Crippen LogP contribution >= 0.6 is 0 Å². The molecular formula is C7H4F8O2. The SMILES string of the molecule is C=CC(=O)OC(F)C(F)(F)C(F)(F)C(F)(F)F. The molecule has 0 saturated carbocycles. The second kappa shape index (κ2) is 4.49. The molecule has 0 aromatic carbocycles. The van der Waals surface area contributed by atoms with Crippen molar-refractivity contribution in [2.45, 2.75) is 24.4 Å². The molecule has 0 fully saturated rings. The molecule has 0 saturated heterocycles. The van der Waals surface area contributed by atoms with E-state index in [9.17, 15) is 39.9 Å². The van der Waals surface area contributed by atoms with E-state index in [0.29, 0.717) is 0 Å². The standard InChI is InChI=1S/C7H4F8O2/c1-2-3(16)17-4(8)5(9,10)6(11,12)7(13,14)15/h2,4H,1H2. The van der Waals surface area contributed by atoms with E-state index in [1.807, 2.05) is 0 Å². The molecule has 0 aromatic heterocycles. The molecular weight excluding hydrogens is 268 g/mol. The van der Waals surface area contributed by atoms with Gasteiger partial charge in [0, 0.05) is 6.08 Å². The minimum atomic E-state index is -6.69.